The average molecular weight is 511 g/mol. The zero-order valence-corrected chi connectivity index (χ0v) is 20.7. The van der Waals surface area contributed by atoms with Crippen molar-refractivity contribution in [2.24, 2.45) is 0 Å². The van der Waals surface area contributed by atoms with E-state index < -0.39 is 0 Å². The first-order chi connectivity index (χ1) is 18.5. The Kier molecular flexibility index (Phi) is 5.91. The van der Waals surface area contributed by atoms with Gasteiger partial charge in [-0.3, -0.25) is 19.3 Å². The number of hydrogen-bond acceptors (Lipinski definition) is 7. The first kappa shape index (κ1) is 23.5. The fourth-order valence-corrected chi connectivity index (χ4v) is 4.96. The number of carbonyl (C=O) groups excluding carboxylic acids is 1. The summed E-state index contributed by atoms with van der Waals surface area (Å²) in [6.45, 7) is 2.51. The van der Waals surface area contributed by atoms with Crippen LogP contribution in [-0.4, -0.2) is 52.1 Å². The molecule has 0 radical (unpaired) electrons. The maximum absolute atomic E-state index is 12.4. The summed E-state index contributed by atoms with van der Waals surface area (Å²) in [6, 6.07) is 15.9. The van der Waals surface area contributed by atoms with Gasteiger partial charge in [0.05, 0.1) is 35.5 Å². The fraction of sp³-hybridized carbons (Fsp3) is 0.214. The van der Waals surface area contributed by atoms with Gasteiger partial charge in [0.2, 0.25) is 5.91 Å². The highest BCUT2D eigenvalue weighted by molar-refractivity contribution is 5.82. The monoisotopic (exact) mass is 510 g/mol. The summed E-state index contributed by atoms with van der Waals surface area (Å²) < 4.78 is 7.68. The maximum atomic E-state index is 12.4. The zero-order chi connectivity index (χ0) is 26.2. The molecule has 10 heteroatoms. The van der Waals surface area contributed by atoms with E-state index in [2.05, 4.69) is 15.0 Å². The number of pyridine rings is 2. The molecule has 0 spiro atoms. The Balaban J connectivity index is 1.35. The highest BCUT2D eigenvalue weighted by Gasteiger charge is 2.31. The third-order valence-electron chi connectivity index (χ3n) is 6.82. The number of imidazole rings is 1. The number of H-pyrrole nitrogens is 1. The smallest absolute Gasteiger partial charge is 0.219 e. The van der Waals surface area contributed by atoms with E-state index in [1.807, 2.05) is 35.2 Å². The van der Waals surface area contributed by atoms with Crippen LogP contribution < -0.4 is 4.74 Å². The van der Waals surface area contributed by atoms with E-state index in [4.69, 9.17) is 9.72 Å². The molecule has 1 fully saturated rings. The number of nitrogens with one attached hydrogen (secondary N) is 1. The summed E-state index contributed by atoms with van der Waals surface area (Å²) >= 11 is 0. The number of amides is 1. The molecule has 1 unspecified atom stereocenters. The number of aromatic nitrogens is 5. The standard InChI is InChI=1S/C28H26N6O4/c1-17(35)33-12-4-6-24(33)20-13-22-23(32-28(31-22)21-5-2-3-11-29-21)14-25(20)38-19-8-7-18(30-15-19)16-34-26(36)9-10-27(34)37/h2-3,5,7-11,13-15,24,36-37H,4,6,12,16H2,1H3,(H,31,32). The van der Waals surface area contributed by atoms with E-state index in [0.717, 1.165) is 35.1 Å². The Morgan fingerprint density at radius 3 is 2.66 bits per heavy atom. The molecule has 10 nitrogen and oxygen atoms in total. The number of carbonyl (C=O) groups is 1. The number of likely N-dealkylation sites (tertiary alicyclic amines) is 1. The number of benzene rings is 1. The van der Waals surface area contributed by atoms with Crippen molar-refractivity contribution in [1.82, 2.24) is 29.4 Å². The lowest BCUT2D eigenvalue weighted by Crippen LogP contribution is -2.28. The van der Waals surface area contributed by atoms with E-state index in [1.54, 1.807) is 31.5 Å². The largest absolute Gasteiger partial charge is 0.494 e. The van der Waals surface area contributed by atoms with Crippen LogP contribution in [0.15, 0.2) is 67.0 Å². The number of ether oxygens (including phenoxy) is 1. The number of aromatic amines is 1. The Labute approximate surface area is 218 Å². The molecule has 192 valence electrons. The van der Waals surface area contributed by atoms with E-state index in [9.17, 15) is 15.0 Å². The molecule has 3 N–H and O–H groups in total. The predicted molar refractivity (Wildman–Crippen MR) is 140 cm³/mol. The number of aromatic hydroxyl groups is 2. The number of fused-ring (bicyclic) bond motifs is 1. The number of rotatable bonds is 6. The van der Waals surface area contributed by atoms with Gasteiger partial charge in [-0.2, -0.15) is 0 Å². The van der Waals surface area contributed by atoms with Crippen molar-refractivity contribution in [3.05, 3.63) is 78.2 Å². The first-order valence-corrected chi connectivity index (χ1v) is 12.4. The van der Waals surface area contributed by atoms with Gasteiger partial charge in [0, 0.05) is 43.4 Å². The molecule has 5 aromatic rings. The Morgan fingerprint density at radius 1 is 1.11 bits per heavy atom. The molecule has 1 aromatic carbocycles. The second-order valence-electron chi connectivity index (χ2n) is 9.30. The quantitative estimate of drug-likeness (QED) is 0.300. The van der Waals surface area contributed by atoms with Crippen LogP contribution in [0.1, 0.15) is 37.1 Å². The minimum absolute atomic E-state index is 0.0277. The van der Waals surface area contributed by atoms with Crippen molar-refractivity contribution in [2.75, 3.05) is 6.54 Å². The lowest BCUT2D eigenvalue weighted by molar-refractivity contribution is -0.129. The van der Waals surface area contributed by atoms with Crippen molar-refractivity contribution in [3.8, 4) is 34.8 Å². The molecule has 4 aromatic heterocycles. The third-order valence-corrected chi connectivity index (χ3v) is 6.82. The molecule has 1 aliphatic heterocycles. The highest BCUT2D eigenvalue weighted by atomic mass is 16.5. The highest BCUT2D eigenvalue weighted by Crippen LogP contribution is 2.41. The lowest BCUT2D eigenvalue weighted by Gasteiger charge is -2.25. The van der Waals surface area contributed by atoms with E-state index >= 15 is 0 Å². The SMILES string of the molecule is CC(=O)N1CCCC1c1cc2[nH]c(-c3ccccn3)nc2cc1Oc1ccc(Cn2c(O)ccc2O)nc1. The first-order valence-electron chi connectivity index (χ1n) is 12.4. The summed E-state index contributed by atoms with van der Waals surface area (Å²) in [5.41, 5.74) is 3.83. The second-order valence-corrected chi connectivity index (χ2v) is 9.30. The van der Waals surface area contributed by atoms with Crippen molar-refractivity contribution in [3.63, 3.8) is 0 Å². The molecule has 0 aliphatic carbocycles. The van der Waals surface area contributed by atoms with Crippen LogP contribution in [0.25, 0.3) is 22.6 Å². The van der Waals surface area contributed by atoms with Gasteiger partial charge in [0.25, 0.3) is 0 Å². The fourth-order valence-electron chi connectivity index (χ4n) is 4.96. The molecule has 0 saturated carbocycles. The minimum Gasteiger partial charge on any atom is -0.494 e. The predicted octanol–water partition coefficient (Wildman–Crippen LogP) is 4.76. The van der Waals surface area contributed by atoms with Gasteiger partial charge >= 0.3 is 0 Å². The molecule has 5 heterocycles. The van der Waals surface area contributed by atoms with Gasteiger partial charge in [-0.15, -0.1) is 0 Å². The molecule has 6 rings (SSSR count). The molecule has 1 atom stereocenters. The summed E-state index contributed by atoms with van der Waals surface area (Å²) in [7, 11) is 0. The normalized spacial score (nSPS) is 15.3. The molecular weight excluding hydrogens is 484 g/mol. The van der Waals surface area contributed by atoms with Crippen LogP contribution in [0.3, 0.4) is 0 Å². The molecule has 1 saturated heterocycles. The van der Waals surface area contributed by atoms with Crippen LogP contribution >= 0.6 is 0 Å². The molecular formula is C28H26N6O4. The Hall–Kier alpha value is -4.86. The van der Waals surface area contributed by atoms with Crippen LogP contribution in [-0.2, 0) is 11.3 Å². The Bertz CT molecular complexity index is 1590. The maximum Gasteiger partial charge on any atom is 0.219 e. The van der Waals surface area contributed by atoms with Gasteiger partial charge in [-0.25, -0.2) is 4.98 Å². The zero-order valence-electron chi connectivity index (χ0n) is 20.7. The van der Waals surface area contributed by atoms with Crippen LogP contribution in [0.2, 0.25) is 0 Å². The van der Waals surface area contributed by atoms with Crippen molar-refractivity contribution in [2.45, 2.75) is 32.4 Å². The van der Waals surface area contributed by atoms with Gasteiger partial charge < -0.3 is 24.8 Å². The summed E-state index contributed by atoms with van der Waals surface area (Å²) in [6.07, 6.45) is 5.08. The topological polar surface area (TPSA) is 129 Å². The number of hydrogen-bond donors (Lipinski definition) is 3. The molecule has 1 amide bonds. The minimum atomic E-state index is -0.111. The Morgan fingerprint density at radius 2 is 1.95 bits per heavy atom. The van der Waals surface area contributed by atoms with Crippen molar-refractivity contribution < 1.29 is 19.7 Å². The van der Waals surface area contributed by atoms with Gasteiger partial charge in [0.15, 0.2) is 17.6 Å². The van der Waals surface area contributed by atoms with Gasteiger partial charge in [-0.05, 0) is 43.2 Å². The van der Waals surface area contributed by atoms with E-state index in [1.165, 1.54) is 16.7 Å². The van der Waals surface area contributed by atoms with Crippen molar-refractivity contribution >= 4 is 16.9 Å². The third kappa shape index (κ3) is 4.40. The van der Waals surface area contributed by atoms with Crippen molar-refractivity contribution in [1.29, 1.82) is 0 Å². The van der Waals surface area contributed by atoms with Gasteiger partial charge in [-0.1, -0.05) is 6.07 Å². The van der Waals surface area contributed by atoms with Crippen LogP contribution in [0.4, 0.5) is 0 Å². The number of nitrogens with zero attached hydrogens (tertiary/aromatic N) is 5. The van der Waals surface area contributed by atoms with Crippen LogP contribution in [0.5, 0.6) is 23.3 Å². The second kappa shape index (κ2) is 9.55. The molecule has 0 bridgehead atoms. The van der Waals surface area contributed by atoms with Gasteiger partial charge in [0.1, 0.15) is 17.2 Å². The van der Waals surface area contributed by atoms with E-state index in [0.29, 0.717) is 29.6 Å². The molecule has 38 heavy (non-hydrogen) atoms. The lowest BCUT2D eigenvalue weighted by atomic mass is 10.0. The average Bonchev–Trinajstić information content (AvgIpc) is 3.65. The van der Waals surface area contributed by atoms with E-state index in [-0.39, 0.29) is 30.3 Å². The van der Waals surface area contributed by atoms with Crippen LogP contribution in [0, 0.1) is 0 Å². The summed E-state index contributed by atoms with van der Waals surface area (Å²) in [5.74, 6) is 1.71. The molecule has 1 aliphatic rings. The summed E-state index contributed by atoms with van der Waals surface area (Å²) in [5, 5.41) is 19.8. The summed E-state index contributed by atoms with van der Waals surface area (Å²) in [4.78, 5) is 31.2.